The van der Waals surface area contributed by atoms with E-state index in [4.69, 9.17) is 4.74 Å². The minimum atomic E-state index is -0.822. The van der Waals surface area contributed by atoms with E-state index in [1.54, 1.807) is 0 Å². The summed E-state index contributed by atoms with van der Waals surface area (Å²) in [6.45, 7) is 6.21. The first-order valence-electron chi connectivity index (χ1n) is 28.5. The van der Waals surface area contributed by atoms with Crippen LogP contribution in [-0.2, 0) is 14.3 Å². The molecule has 0 saturated carbocycles. The number of unbranched alkanes of at least 4 members (excludes halogenated alkanes) is 20. The predicted molar refractivity (Wildman–Crippen MR) is 305 cm³/mol. The van der Waals surface area contributed by atoms with Gasteiger partial charge in [0.2, 0.25) is 5.91 Å². The summed E-state index contributed by atoms with van der Waals surface area (Å²) < 4.78 is 5.91. The summed E-state index contributed by atoms with van der Waals surface area (Å²) >= 11 is 0. The average Bonchev–Trinajstić information content (AvgIpc) is 3.35. The van der Waals surface area contributed by atoms with Gasteiger partial charge in [0.15, 0.2) is 0 Å². The molecule has 0 aliphatic rings. The minimum Gasteiger partial charge on any atom is -0.462 e. The first kappa shape index (κ1) is 66.0. The zero-order chi connectivity index (χ0) is 50.9. The van der Waals surface area contributed by atoms with E-state index in [1.807, 2.05) is 54.7 Å². The van der Waals surface area contributed by atoms with E-state index >= 15 is 0 Å². The van der Waals surface area contributed by atoms with Crippen LogP contribution in [0.3, 0.4) is 0 Å². The van der Waals surface area contributed by atoms with Crippen LogP contribution in [0.4, 0.5) is 0 Å². The molecule has 0 saturated heterocycles. The first-order valence-corrected chi connectivity index (χ1v) is 28.5. The van der Waals surface area contributed by atoms with Gasteiger partial charge in [0.1, 0.15) is 6.10 Å². The van der Waals surface area contributed by atoms with Crippen molar-refractivity contribution in [3.8, 4) is 0 Å². The third-order valence-electron chi connectivity index (χ3n) is 12.1. The van der Waals surface area contributed by atoms with Gasteiger partial charge in [-0.05, 0) is 83.5 Å². The normalized spacial score (nSPS) is 14.2. The third kappa shape index (κ3) is 50.4. The maximum absolute atomic E-state index is 13.3. The predicted octanol–water partition coefficient (Wildman–Crippen LogP) is 17.8. The Kier molecular flexibility index (Phi) is 52.7. The Morgan fingerprint density at radius 3 is 1.34 bits per heavy atom. The molecule has 0 aromatic heterocycles. The highest BCUT2D eigenvalue weighted by Crippen LogP contribution is 2.17. The van der Waals surface area contributed by atoms with E-state index in [1.165, 1.54) is 89.9 Å². The molecule has 0 aromatic carbocycles. The van der Waals surface area contributed by atoms with Crippen LogP contribution in [-0.4, -0.2) is 46.9 Å². The van der Waals surface area contributed by atoms with Crippen molar-refractivity contribution in [1.82, 2.24) is 5.32 Å². The summed E-state index contributed by atoms with van der Waals surface area (Å²) in [4.78, 5) is 26.3. The lowest BCUT2D eigenvalue weighted by Gasteiger charge is -2.24. The lowest BCUT2D eigenvalue weighted by Crippen LogP contribution is -2.46. The maximum atomic E-state index is 13.3. The summed E-state index contributed by atoms with van der Waals surface area (Å²) in [5.74, 6) is -0.592. The van der Waals surface area contributed by atoms with Gasteiger partial charge in [-0.2, -0.15) is 0 Å². The Labute approximate surface area is 431 Å². The first-order chi connectivity index (χ1) is 34.5. The second kappa shape index (κ2) is 55.9. The molecule has 396 valence electrons. The number of nitrogens with one attached hydrogen (secondary N) is 1. The summed E-state index contributed by atoms with van der Waals surface area (Å²) in [7, 11) is 0. The van der Waals surface area contributed by atoms with Gasteiger partial charge in [0.25, 0.3) is 0 Å². The molecule has 0 bridgehead atoms. The van der Waals surface area contributed by atoms with E-state index < -0.39 is 18.2 Å². The molecule has 0 aliphatic heterocycles. The van der Waals surface area contributed by atoms with E-state index in [-0.39, 0.29) is 24.9 Å². The Hall–Kier alpha value is -4.00. The fourth-order valence-electron chi connectivity index (χ4n) is 7.91. The second-order valence-corrected chi connectivity index (χ2v) is 18.7. The standard InChI is InChI=1S/C64H105NO5/c1-4-7-10-13-16-19-22-25-28-31-34-37-40-43-46-49-52-55-60(70-64(69)57-54-51-48-45-42-39-36-33-30-27-24-21-18-15-12-9-6-3)58-63(68)65-61(59-66)62(67)56-53-50-47-44-41-38-35-32-29-26-23-20-17-14-11-8-5-2/h7,9-10,12,15-16,18-19,21,24-25,27-28,30,33-34,36-37,39,42-43,46,60-62,66-67H,4-6,8,11,13-14,17,20,22-23,26,29,31-32,35,38,40-41,44-45,47-59H2,1-3H3,(H,65,68)/b10-7-,12-9-,18-15+,19-16-,24-21+,28-25-,30-27-,36-33+,37-34-,42-39+,46-43-. The molecule has 0 radical (unpaired) electrons. The Morgan fingerprint density at radius 1 is 0.443 bits per heavy atom. The van der Waals surface area contributed by atoms with E-state index in [2.05, 4.69) is 105 Å². The number of carbonyl (C=O) groups is 2. The van der Waals surface area contributed by atoms with Crippen LogP contribution >= 0.6 is 0 Å². The van der Waals surface area contributed by atoms with Crippen LogP contribution in [0.5, 0.6) is 0 Å². The van der Waals surface area contributed by atoms with E-state index in [0.29, 0.717) is 19.3 Å². The van der Waals surface area contributed by atoms with Crippen LogP contribution in [0.2, 0.25) is 0 Å². The van der Waals surface area contributed by atoms with Gasteiger partial charge in [0.05, 0.1) is 25.2 Å². The largest absolute Gasteiger partial charge is 0.462 e. The van der Waals surface area contributed by atoms with Crippen molar-refractivity contribution in [2.45, 2.75) is 251 Å². The van der Waals surface area contributed by atoms with Gasteiger partial charge in [-0.15, -0.1) is 0 Å². The summed E-state index contributed by atoms with van der Waals surface area (Å²) in [5.41, 5.74) is 0. The van der Waals surface area contributed by atoms with Crippen LogP contribution in [0.25, 0.3) is 0 Å². The molecule has 6 nitrogen and oxygen atoms in total. The fourth-order valence-corrected chi connectivity index (χ4v) is 7.91. The lowest BCUT2D eigenvalue weighted by molar-refractivity contribution is -0.151. The summed E-state index contributed by atoms with van der Waals surface area (Å²) in [5, 5.41) is 23.9. The second-order valence-electron chi connectivity index (χ2n) is 18.7. The number of amides is 1. The Balaban J connectivity index is 4.76. The Bertz CT molecular complexity index is 1510. The zero-order valence-electron chi connectivity index (χ0n) is 45.1. The van der Waals surface area contributed by atoms with Crippen molar-refractivity contribution in [2.24, 2.45) is 0 Å². The van der Waals surface area contributed by atoms with Gasteiger partial charge in [-0.1, -0.05) is 270 Å². The highest BCUT2D eigenvalue weighted by atomic mass is 16.5. The van der Waals surface area contributed by atoms with Gasteiger partial charge in [0, 0.05) is 6.42 Å². The van der Waals surface area contributed by atoms with Crippen molar-refractivity contribution in [3.05, 3.63) is 134 Å². The van der Waals surface area contributed by atoms with Crippen molar-refractivity contribution < 1.29 is 24.5 Å². The molecule has 3 N–H and O–H groups in total. The van der Waals surface area contributed by atoms with Gasteiger partial charge < -0.3 is 20.3 Å². The number of esters is 1. The van der Waals surface area contributed by atoms with E-state index in [0.717, 1.165) is 96.3 Å². The number of carbonyl (C=O) groups excluding carboxylic acids is 2. The van der Waals surface area contributed by atoms with Crippen LogP contribution in [0.1, 0.15) is 233 Å². The lowest BCUT2D eigenvalue weighted by atomic mass is 10.0. The van der Waals surface area contributed by atoms with Crippen molar-refractivity contribution in [2.75, 3.05) is 6.61 Å². The summed E-state index contributed by atoms with van der Waals surface area (Å²) in [6.07, 6.45) is 79.4. The molecule has 3 atom stereocenters. The molecular weight excluding hydrogens is 863 g/mol. The number of rotatable bonds is 49. The van der Waals surface area contributed by atoms with Gasteiger partial charge >= 0.3 is 5.97 Å². The molecule has 6 heteroatoms. The molecule has 0 fully saturated rings. The van der Waals surface area contributed by atoms with Crippen LogP contribution in [0, 0.1) is 0 Å². The molecular formula is C64H105NO5. The van der Waals surface area contributed by atoms with Crippen molar-refractivity contribution in [3.63, 3.8) is 0 Å². The third-order valence-corrected chi connectivity index (χ3v) is 12.1. The van der Waals surface area contributed by atoms with Crippen LogP contribution < -0.4 is 5.32 Å². The minimum absolute atomic E-state index is 0.0111. The SMILES string of the molecule is CC\C=C/C=C/C=C/C=C\C=C\C=C\CCCCCC(=O)OC(CCC/C=C\C/C=C\C/C=C\C/C=C\C/C=C\CC)CC(=O)NC(CO)C(O)CCCCCCCCCCCCCCCCCCC. The molecule has 70 heavy (non-hydrogen) atoms. The fraction of sp³-hybridized carbons (Fsp3) is 0.625. The number of hydrogen-bond donors (Lipinski definition) is 3. The van der Waals surface area contributed by atoms with Gasteiger partial charge in [-0.3, -0.25) is 9.59 Å². The number of aliphatic hydroxyl groups is 2. The molecule has 1 amide bonds. The zero-order valence-corrected chi connectivity index (χ0v) is 45.1. The van der Waals surface area contributed by atoms with E-state index in [9.17, 15) is 19.8 Å². The van der Waals surface area contributed by atoms with Crippen LogP contribution in [0.15, 0.2) is 134 Å². The number of hydrogen-bond acceptors (Lipinski definition) is 5. The number of aliphatic hydroxyl groups excluding tert-OH is 2. The topological polar surface area (TPSA) is 95.9 Å². The quantitative estimate of drug-likeness (QED) is 0.0244. The summed E-state index contributed by atoms with van der Waals surface area (Å²) in [6, 6.07) is -0.741. The monoisotopic (exact) mass is 968 g/mol. The molecule has 0 aromatic rings. The number of ether oxygens (including phenoxy) is 1. The molecule has 3 unspecified atom stereocenters. The maximum Gasteiger partial charge on any atom is 0.306 e. The Morgan fingerprint density at radius 2 is 0.857 bits per heavy atom. The average molecular weight is 969 g/mol. The molecule has 0 aliphatic carbocycles. The highest BCUT2D eigenvalue weighted by molar-refractivity contribution is 5.77. The smallest absolute Gasteiger partial charge is 0.306 e. The molecule has 0 rings (SSSR count). The van der Waals surface area contributed by atoms with Gasteiger partial charge in [-0.25, -0.2) is 0 Å². The van der Waals surface area contributed by atoms with Crippen molar-refractivity contribution in [1.29, 1.82) is 0 Å². The molecule has 0 heterocycles. The highest BCUT2D eigenvalue weighted by Gasteiger charge is 2.24. The molecule has 0 spiro atoms. The van der Waals surface area contributed by atoms with Crippen molar-refractivity contribution >= 4 is 11.9 Å². The number of allylic oxidation sites excluding steroid dienone is 22.